The number of hydrogen-bond acceptors (Lipinski definition) is 4. The number of hydrogen-bond donors (Lipinski definition) is 1. The third kappa shape index (κ3) is 2.83. The lowest BCUT2D eigenvalue weighted by Gasteiger charge is -2.45. The Hall–Kier alpha value is -2.60. The molecular formula is C22H26N4O2. The zero-order valence-electron chi connectivity index (χ0n) is 16.4. The third-order valence-electron chi connectivity index (χ3n) is 6.40. The molecule has 0 radical (unpaired) electrons. The Morgan fingerprint density at radius 3 is 3.14 bits per heavy atom. The summed E-state index contributed by atoms with van der Waals surface area (Å²) in [6.07, 6.45) is 8.03. The molecule has 1 saturated heterocycles. The number of piperidine rings is 1. The molecule has 6 heteroatoms. The maximum atomic E-state index is 11.9. The number of esters is 1. The van der Waals surface area contributed by atoms with Crippen molar-refractivity contribution in [1.29, 1.82) is 0 Å². The summed E-state index contributed by atoms with van der Waals surface area (Å²) in [6.45, 7) is 4.11. The molecule has 1 aliphatic carbocycles. The van der Waals surface area contributed by atoms with Crippen LogP contribution in [0, 0.1) is 5.92 Å². The number of fused-ring (bicyclic) bond motifs is 2. The Morgan fingerprint density at radius 2 is 2.29 bits per heavy atom. The van der Waals surface area contributed by atoms with E-state index in [9.17, 15) is 4.79 Å². The monoisotopic (exact) mass is 378 g/mol. The number of nitrogens with one attached hydrogen (secondary N) is 1. The van der Waals surface area contributed by atoms with Gasteiger partial charge in [0.05, 0.1) is 12.9 Å². The Labute approximate surface area is 164 Å². The Kier molecular flexibility index (Phi) is 4.23. The zero-order chi connectivity index (χ0) is 19.3. The number of likely N-dealkylation sites (tertiary alicyclic amines) is 1. The van der Waals surface area contributed by atoms with E-state index in [1.165, 1.54) is 22.0 Å². The second-order valence-electron chi connectivity index (χ2n) is 8.18. The van der Waals surface area contributed by atoms with Crippen molar-refractivity contribution < 1.29 is 9.53 Å². The molecule has 1 fully saturated rings. The van der Waals surface area contributed by atoms with Crippen molar-refractivity contribution in [1.82, 2.24) is 19.4 Å². The van der Waals surface area contributed by atoms with E-state index < -0.39 is 0 Å². The molecule has 1 unspecified atom stereocenters. The summed E-state index contributed by atoms with van der Waals surface area (Å²) in [5.41, 5.74) is 4.58. The minimum atomic E-state index is -0.346. The van der Waals surface area contributed by atoms with E-state index >= 15 is 0 Å². The van der Waals surface area contributed by atoms with Gasteiger partial charge < -0.3 is 19.2 Å². The number of nitrogens with zero attached hydrogens (tertiary/aromatic N) is 3. The second-order valence-corrected chi connectivity index (χ2v) is 8.18. The molecule has 0 spiro atoms. The maximum absolute atomic E-state index is 11.9. The van der Waals surface area contributed by atoms with Gasteiger partial charge in [0, 0.05) is 48.3 Å². The molecular weight excluding hydrogens is 352 g/mol. The molecule has 2 aromatic heterocycles. The van der Waals surface area contributed by atoms with Crippen LogP contribution in [0.25, 0.3) is 10.9 Å². The summed E-state index contributed by atoms with van der Waals surface area (Å²) >= 11 is 0. The summed E-state index contributed by atoms with van der Waals surface area (Å²) in [6, 6.07) is 7.21. The predicted molar refractivity (Wildman–Crippen MR) is 107 cm³/mol. The highest BCUT2D eigenvalue weighted by Crippen LogP contribution is 2.44. The first-order valence-electron chi connectivity index (χ1n) is 10.1. The van der Waals surface area contributed by atoms with Crippen LogP contribution in [-0.2, 0) is 17.7 Å². The van der Waals surface area contributed by atoms with E-state index in [4.69, 9.17) is 4.74 Å². The van der Waals surface area contributed by atoms with Crippen LogP contribution in [0.15, 0.2) is 36.9 Å². The zero-order valence-corrected chi connectivity index (χ0v) is 16.4. The topological polar surface area (TPSA) is 63.1 Å². The molecule has 5 rings (SSSR count). The number of aromatic amines is 1. The van der Waals surface area contributed by atoms with Crippen molar-refractivity contribution in [2.45, 2.75) is 38.3 Å². The summed E-state index contributed by atoms with van der Waals surface area (Å²) in [4.78, 5) is 22.1. The molecule has 1 aromatic carbocycles. The first-order valence-corrected chi connectivity index (χ1v) is 10.1. The molecule has 3 aromatic rings. The Morgan fingerprint density at radius 1 is 1.39 bits per heavy atom. The molecule has 0 amide bonds. The lowest BCUT2D eigenvalue weighted by molar-refractivity contribution is 0.0520. The van der Waals surface area contributed by atoms with E-state index in [0.29, 0.717) is 30.2 Å². The molecule has 2 aliphatic rings. The number of likely N-dealkylation sites (N-methyl/N-ethyl adjacent to an activating group) is 1. The van der Waals surface area contributed by atoms with E-state index in [1.807, 2.05) is 17.7 Å². The molecule has 6 nitrogen and oxygen atoms in total. The van der Waals surface area contributed by atoms with Gasteiger partial charge in [-0.25, -0.2) is 9.78 Å². The van der Waals surface area contributed by atoms with Crippen LogP contribution in [-0.4, -0.2) is 51.6 Å². The van der Waals surface area contributed by atoms with Gasteiger partial charge in [-0.15, -0.1) is 0 Å². The second kappa shape index (κ2) is 6.78. The number of ether oxygens (including phenoxy) is 1. The van der Waals surface area contributed by atoms with Crippen LogP contribution in [0.3, 0.4) is 0 Å². The van der Waals surface area contributed by atoms with Crippen molar-refractivity contribution in [3.05, 3.63) is 53.7 Å². The fourth-order valence-electron chi connectivity index (χ4n) is 5.25. The van der Waals surface area contributed by atoms with Crippen molar-refractivity contribution in [2.24, 2.45) is 5.92 Å². The van der Waals surface area contributed by atoms with Gasteiger partial charge in [-0.2, -0.15) is 0 Å². The highest BCUT2D eigenvalue weighted by Gasteiger charge is 2.39. The quantitative estimate of drug-likeness (QED) is 0.708. The van der Waals surface area contributed by atoms with Crippen LogP contribution in [0.5, 0.6) is 0 Å². The number of carbonyl (C=O) groups excluding carboxylic acids is 1. The number of rotatable bonds is 4. The number of carbonyl (C=O) groups is 1. The minimum Gasteiger partial charge on any atom is -0.461 e. The van der Waals surface area contributed by atoms with E-state index in [-0.39, 0.29) is 5.97 Å². The fraction of sp³-hybridized carbons (Fsp3) is 0.455. The van der Waals surface area contributed by atoms with Crippen LogP contribution >= 0.6 is 0 Å². The number of imidazole rings is 1. The summed E-state index contributed by atoms with van der Waals surface area (Å²) < 4.78 is 7.09. The predicted octanol–water partition coefficient (Wildman–Crippen LogP) is 3.20. The van der Waals surface area contributed by atoms with E-state index in [1.54, 1.807) is 6.33 Å². The first-order chi connectivity index (χ1) is 13.6. The lowest BCUT2D eigenvalue weighted by Crippen LogP contribution is -2.48. The minimum absolute atomic E-state index is 0.346. The highest BCUT2D eigenvalue weighted by atomic mass is 16.5. The number of H-pyrrole nitrogens is 1. The van der Waals surface area contributed by atoms with E-state index in [0.717, 1.165) is 25.9 Å². The standard InChI is InChI=1S/C22H26N4O2/c1-3-28-22(27)19-12-26(13-24-19)11-14-7-17-16-5-4-6-18-21(16)15(9-23-18)8-20(17)25(2)10-14/h4-6,9,12-14,17,20,23H,3,7-8,10-11H2,1-2H3/t14-,17?,20-/m1/s1. The molecule has 146 valence electrons. The molecule has 3 atom stereocenters. The molecule has 0 bridgehead atoms. The fourth-order valence-corrected chi connectivity index (χ4v) is 5.25. The average molecular weight is 378 g/mol. The van der Waals surface area contributed by atoms with Crippen LogP contribution < -0.4 is 0 Å². The van der Waals surface area contributed by atoms with Gasteiger partial charge in [0.15, 0.2) is 5.69 Å². The molecule has 1 N–H and O–H groups in total. The van der Waals surface area contributed by atoms with Crippen molar-refractivity contribution in [2.75, 3.05) is 20.2 Å². The van der Waals surface area contributed by atoms with Gasteiger partial charge in [0.2, 0.25) is 0 Å². The van der Waals surface area contributed by atoms with Crippen LogP contribution in [0.4, 0.5) is 0 Å². The molecule has 0 saturated carbocycles. The van der Waals surface area contributed by atoms with Gasteiger partial charge in [0.1, 0.15) is 0 Å². The summed E-state index contributed by atoms with van der Waals surface area (Å²) in [5.74, 6) is 0.719. The third-order valence-corrected chi connectivity index (χ3v) is 6.40. The molecule has 3 heterocycles. The average Bonchev–Trinajstić information content (AvgIpc) is 3.31. The lowest BCUT2D eigenvalue weighted by atomic mass is 9.72. The SMILES string of the molecule is CCOC(=O)c1cn(C[C@@H]2CC3c4cccc5[nH]cc(c45)C[C@H]3N(C)C2)cn1. The van der Waals surface area contributed by atoms with Crippen molar-refractivity contribution in [3.8, 4) is 0 Å². The van der Waals surface area contributed by atoms with Crippen LogP contribution in [0.2, 0.25) is 0 Å². The van der Waals surface area contributed by atoms with Crippen molar-refractivity contribution in [3.63, 3.8) is 0 Å². The van der Waals surface area contributed by atoms with Gasteiger partial charge in [0.25, 0.3) is 0 Å². The highest BCUT2D eigenvalue weighted by molar-refractivity contribution is 5.88. The van der Waals surface area contributed by atoms with Gasteiger partial charge in [-0.05, 0) is 49.9 Å². The summed E-state index contributed by atoms with van der Waals surface area (Å²) in [7, 11) is 2.25. The van der Waals surface area contributed by atoms with Gasteiger partial charge >= 0.3 is 5.97 Å². The van der Waals surface area contributed by atoms with Crippen LogP contribution in [0.1, 0.15) is 40.9 Å². The Balaban J connectivity index is 1.38. The molecule has 1 aliphatic heterocycles. The normalized spacial score (nSPS) is 24.3. The Bertz CT molecular complexity index is 1020. The smallest absolute Gasteiger partial charge is 0.358 e. The number of aromatic nitrogens is 3. The largest absolute Gasteiger partial charge is 0.461 e. The van der Waals surface area contributed by atoms with E-state index in [2.05, 4.69) is 46.3 Å². The maximum Gasteiger partial charge on any atom is 0.358 e. The number of benzene rings is 1. The molecule has 28 heavy (non-hydrogen) atoms. The van der Waals surface area contributed by atoms with Gasteiger partial charge in [-0.1, -0.05) is 12.1 Å². The van der Waals surface area contributed by atoms with Crippen molar-refractivity contribution >= 4 is 16.9 Å². The van der Waals surface area contributed by atoms with Gasteiger partial charge in [-0.3, -0.25) is 0 Å². The summed E-state index contributed by atoms with van der Waals surface area (Å²) in [5, 5.41) is 1.44. The first kappa shape index (κ1) is 17.5.